The number of nitrogens with one attached hydrogen (secondary N) is 1. The van der Waals surface area contributed by atoms with E-state index < -0.39 is 0 Å². The summed E-state index contributed by atoms with van der Waals surface area (Å²) in [5, 5.41) is 4.50. The van der Waals surface area contributed by atoms with Crippen LogP contribution >= 0.6 is 11.6 Å². The van der Waals surface area contributed by atoms with Crippen LogP contribution in [0.1, 0.15) is 52.7 Å². The van der Waals surface area contributed by atoms with Gasteiger partial charge in [-0.3, -0.25) is 4.79 Å². The van der Waals surface area contributed by atoms with E-state index in [0.29, 0.717) is 11.8 Å². The van der Waals surface area contributed by atoms with Crippen molar-refractivity contribution >= 4 is 23.2 Å². The third kappa shape index (κ3) is 2.94. The lowest BCUT2D eigenvalue weighted by atomic mass is 9.76. The summed E-state index contributed by atoms with van der Waals surface area (Å²) in [6.07, 6.45) is 7.89. The molecule has 0 aromatic heterocycles. The third-order valence-corrected chi connectivity index (χ3v) is 6.48. The number of rotatable bonds is 2. The molecule has 1 aliphatic carbocycles. The fourth-order valence-corrected chi connectivity index (χ4v) is 4.96. The Bertz CT molecular complexity index is 899. The average molecular weight is 379 g/mol. The fraction of sp³-hybridized carbons (Fsp3) is 0.348. The van der Waals surface area contributed by atoms with Crippen LogP contribution in [0.25, 0.3) is 0 Å². The molecule has 5 rings (SSSR count). The number of likely N-dealkylation sites (tertiary alicyclic amines) is 1. The number of amides is 1. The molecule has 4 heteroatoms. The number of fused-ring (bicyclic) bond motifs is 3. The van der Waals surface area contributed by atoms with Gasteiger partial charge in [0.25, 0.3) is 5.91 Å². The Kier molecular flexibility index (Phi) is 4.20. The van der Waals surface area contributed by atoms with E-state index in [0.717, 1.165) is 48.6 Å². The Labute approximate surface area is 165 Å². The minimum absolute atomic E-state index is 0.175. The summed E-state index contributed by atoms with van der Waals surface area (Å²) in [4.78, 5) is 14.8. The van der Waals surface area contributed by atoms with E-state index in [9.17, 15) is 4.79 Å². The maximum Gasteiger partial charge on any atom is 0.253 e. The molecular formula is C23H23ClN2O. The second-order valence-electron chi connectivity index (χ2n) is 7.83. The normalized spacial score (nSPS) is 25.8. The van der Waals surface area contributed by atoms with Crippen LogP contribution in [0.4, 0.5) is 5.69 Å². The molecular weight excluding hydrogens is 356 g/mol. The standard InChI is InChI=1S/C23H23ClN2O/c24-17-9-6-15(7-10-17)22-19-5-3-4-18(19)20-14-16(8-11-21(20)25-22)23(27)26-12-1-2-13-26/h3-4,6-11,14,18-19,22,25H,1-2,5,12-13H2. The van der Waals surface area contributed by atoms with Crippen LogP contribution < -0.4 is 5.32 Å². The Morgan fingerprint density at radius 1 is 1.07 bits per heavy atom. The molecule has 3 unspecified atom stereocenters. The van der Waals surface area contributed by atoms with Gasteiger partial charge in [-0.15, -0.1) is 0 Å². The van der Waals surface area contributed by atoms with E-state index in [2.05, 4.69) is 41.7 Å². The molecule has 2 aromatic carbocycles. The van der Waals surface area contributed by atoms with Gasteiger partial charge in [-0.2, -0.15) is 0 Å². The minimum atomic E-state index is 0.175. The summed E-state index contributed by atoms with van der Waals surface area (Å²) in [7, 11) is 0. The molecule has 1 fully saturated rings. The van der Waals surface area contributed by atoms with Gasteiger partial charge in [-0.1, -0.05) is 35.9 Å². The Morgan fingerprint density at radius 2 is 1.85 bits per heavy atom. The molecule has 0 saturated carbocycles. The van der Waals surface area contributed by atoms with Crippen LogP contribution in [0.5, 0.6) is 0 Å². The molecule has 1 N–H and O–H groups in total. The Hall–Kier alpha value is -2.26. The zero-order chi connectivity index (χ0) is 18.4. The molecule has 2 heterocycles. The molecule has 1 saturated heterocycles. The van der Waals surface area contributed by atoms with Crippen LogP contribution in [0.3, 0.4) is 0 Å². The number of allylic oxidation sites excluding steroid dienone is 2. The summed E-state index contributed by atoms with van der Waals surface area (Å²) in [6.45, 7) is 1.78. The first-order valence-corrected chi connectivity index (χ1v) is 10.2. The molecule has 3 aliphatic rings. The highest BCUT2D eigenvalue weighted by molar-refractivity contribution is 6.30. The average Bonchev–Trinajstić information content (AvgIpc) is 3.39. The number of halogens is 1. The summed E-state index contributed by atoms with van der Waals surface area (Å²) >= 11 is 6.08. The molecule has 3 atom stereocenters. The van der Waals surface area contributed by atoms with E-state index >= 15 is 0 Å². The second-order valence-corrected chi connectivity index (χ2v) is 8.26. The number of carbonyl (C=O) groups excluding carboxylic acids is 1. The highest BCUT2D eigenvalue weighted by atomic mass is 35.5. The van der Waals surface area contributed by atoms with Crippen molar-refractivity contribution in [2.24, 2.45) is 5.92 Å². The molecule has 2 aliphatic heterocycles. The van der Waals surface area contributed by atoms with Gasteiger partial charge in [-0.05, 0) is 66.6 Å². The second kappa shape index (κ2) is 6.72. The summed E-state index contributed by atoms with van der Waals surface area (Å²) in [5.41, 5.74) is 4.48. The van der Waals surface area contributed by atoms with Crippen LogP contribution in [0, 0.1) is 5.92 Å². The van der Waals surface area contributed by atoms with Crippen LogP contribution in [-0.4, -0.2) is 23.9 Å². The maximum absolute atomic E-state index is 12.8. The smallest absolute Gasteiger partial charge is 0.253 e. The lowest BCUT2D eigenvalue weighted by molar-refractivity contribution is 0.0792. The molecule has 0 spiro atoms. The van der Waals surface area contributed by atoms with Crippen LogP contribution in [0.2, 0.25) is 5.02 Å². The summed E-state index contributed by atoms with van der Waals surface area (Å²) in [6, 6.07) is 14.6. The predicted octanol–water partition coefficient (Wildman–Crippen LogP) is 5.40. The number of hydrogen-bond donors (Lipinski definition) is 1. The zero-order valence-electron chi connectivity index (χ0n) is 15.2. The number of benzene rings is 2. The topological polar surface area (TPSA) is 32.3 Å². The predicted molar refractivity (Wildman–Crippen MR) is 109 cm³/mol. The molecule has 0 bridgehead atoms. The van der Waals surface area contributed by atoms with Gasteiger partial charge in [0.1, 0.15) is 0 Å². The third-order valence-electron chi connectivity index (χ3n) is 6.23. The lowest BCUT2D eigenvalue weighted by Gasteiger charge is -2.37. The van der Waals surface area contributed by atoms with Gasteiger partial charge in [-0.25, -0.2) is 0 Å². The number of nitrogens with zero attached hydrogens (tertiary/aromatic N) is 1. The first kappa shape index (κ1) is 16.9. The number of anilines is 1. The van der Waals surface area contributed by atoms with Crippen LogP contribution in [0.15, 0.2) is 54.6 Å². The monoisotopic (exact) mass is 378 g/mol. The van der Waals surface area contributed by atoms with E-state index in [-0.39, 0.29) is 11.9 Å². The van der Waals surface area contributed by atoms with Crippen molar-refractivity contribution < 1.29 is 4.79 Å². The molecule has 138 valence electrons. The number of carbonyl (C=O) groups is 1. The minimum Gasteiger partial charge on any atom is -0.378 e. The van der Waals surface area contributed by atoms with Gasteiger partial charge in [0.15, 0.2) is 0 Å². The van der Waals surface area contributed by atoms with Crippen molar-refractivity contribution in [3.05, 3.63) is 76.3 Å². The number of hydrogen-bond acceptors (Lipinski definition) is 2. The molecule has 0 radical (unpaired) electrons. The summed E-state index contributed by atoms with van der Waals surface area (Å²) in [5.74, 6) is 0.998. The van der Waals surface area contributed by atoms with Gasteiger partial charge in [0, 0.05) is 35.3 Å². The molecule has 1 amide bonds. The van der Waals surface area contributed by atoms with Crippen LogP contribution in [-0.2, 0) is 0 Å². The molecule has 27 heavy (non-hydrogen) atoms. The zero-order valence-corrected chi connectivity index (χ0v) is 16.0. The Morgan fingerprint density at radius 3 is 2.63 bits per heavy atom. The lowest BCUT2D eigenvalue weighted by Crippen LogP contribution is -2.30. The van der Waals surface area contributed by atoms with Crippen molar-refractivity contribution in [2.75, 3.05) is 18.4 Å². The van der Waals surface area contributed by atoms with Gasteiger partial charge in [0.05, 0.1) is 6.04 Å². The van der Waals surface area contributed by atoms with Crippen molar-refractivity contribution in [2.45, 2.75) is 31.2 Å². The first-order chi connectivity index (χ1) is 13.2. The fourth-order valence-electron chi connectivity index (χ4n) is 4.83. The Balaban J connectivity index is 1.49. The van der Waals surface area contributed by atoms with Crippen molar-refractivity contribution in [1.82, 2.24) is 4.90 Å². The largest absolute Gasteiger partial charge is 0.378 e. The van der Waals surface area contributed by atoms with Gasteiger partial charge >= 0.3 is 0 Å². The quantitative estimate of drug-likeness (QED) is 0.709. The highest BCUT2D eigenvalue weighted by Crippen LogP contribution is 2.50. The maximum atomic E-state index is 12.8. The van der Waals surface area contributed by atoms with E-state index in [1.165, 1.54) is 11.1 Å². The van der Waals surface area contributed by atoms with Crippen molar-refractivity contribution in [1.29, 1.82) is 0 Å². The van der Waals surface area contributed by atoms with Gasteiger partial charge in [0.2, 0.25) is 0 Å². The first-order valence-electron chi connectivity index (χ1n) is 9.82. The van der Waals surface area contributed by atoms with Crippen molar-refractivity contribution in [3.63, 3.8) is 0 Å². The SMILES string of the molecule is O=C(c1ccc2c(c1)C1C=CCC1C(c1ccc(Cl)cc1)N2)N1CCCC1. The van der Waals surface area contributed by atoms with Gasteiger partial charge < -0.3 is 10.2 Å². The highest BCUT2D eigenvalue weighted by Gasteiger charge is 2.38. The van der Waals surface area contributed by atoms with Crippen molar-refractivity contribution in [3.8, 4) is 0 Å². The van der Waals surface area contributed by atoms with E-state index in [1.54, 1.807) is 0 Å². The molecule has 3 nitrogen and oxygen atoms in total. The van der Waals surface area contributed by atoms with E-state index in [1.807, 2.05) is 23.1 Å². The summed E-state index contributed by atoms with van der Waals surface area (Å²) < 4.78 is 0. The van der Waals surface area contributed by atoms with E-state index in [4.69, 9.17) is 11.6 Å². The molecule has 2 aromatic rings.